The molecule has 0 unspecified atom stereocenters. The van der Waals surface area contributed by atoms with Crippen LogP contribution in [0.2, 0.25) is 0 Å². The van der Waals surface area contributed by atoms with E-state index < -0.39 is 0 Å². The molecule has 3 rings (SSSR count). The van der Waals surface area contributed by atoms with E-state index in [-0.39, 0.29) is 0 Å². The Bertz CT molecular complexity index is 649. The predicted octanol–water partition coefficient (Wildman–Crippen LogP) is 2.11. The van der Waals surface area contributed by atoms with Crippen molar-refractivity contribution in [2.75, 3.05) is 20.8 Å². The minimum Gasteiger partial charge on any atom is -0.497 e. The molecule has 1 aliphatic rings. The molecule has 0 aliphatic carbocycles. The molecule has 110 valence electrons. The van der Waals surface area contributed by atoms with Crippen LogP contribution in [0.3, 0.4) is 0 Å². The van der Waals surface area contributed by atoms with Crippen LogP contribution in [0.25, 0.3) is 11.4 Å². The van der Waals surface area contributed by atoms with Crippen molar-refractivity contribution in [3.63, 3.8) is 0 Å². The van der Waals surface area contributed by atoms with E-state index in [1.54, 1.807) is 14.2 Å². The molecule has 0 fully saturated rings. The number of nitrogens with one attached hydrogen (secondary N) is 1. The number of aromatic nitrogens is 2. The fraction of sp³-hybridized carbons (Fsp3) is 0.375. The highest BCUT2D eigenvalue weighted by Crippen LogP contribution is 2.29. The van der Waals surface area contributed by atoms with Crippen molar-refractivity contribution in [3.8, 4) is 22.9 Å². The molecule has 5 heteroatoms. The number of aryl methyl sites for hydroxylation is 1. The van der Waals surface area contributed by atoms with Gasteiger partial charge in [0.2, 0.25) is 0 Å². The van der Waals surface area contributed by atoms with Crippen LogP contribution >= 0.6 is 0 Å². The molecular weight excluding hydrogens is 266 g/mol. The van der Waals surface area contributed by atoms with Gasteiger partial charge in [-0.3, -0.25) is 0 Å². The summed E-state index contributed by atoms with van der Waals surface area (Å²) in [7, 11) is 3.28. The van der Waals surface area contributed by atoms with Crippen LogP contribution in [0.5, 0.6) is 11.5 Å². The topological polar surface area (TPSA) is 56.3 Å². The molecule has 2 aromatic rings. The average molecular weight is 285 g/mol. The van der Waals surface area contributed by atoms with Crippen LogP contribution in [0.4, 0.5) is 0 Å². The van der Waals surface area contributed by atoms with Crippen molar-refractivity contribution in [2.24, 2.45) is 0 Å². The zero-order valence-electron chi connectivity index (χ0n) is 12.6. The molecule has 5 nitrogen and oxygen atoms in total. The summed E-state index contributed by atoms with van der Waals surface area (Å²) >= 11 is 0. The number of hydrogen-bond donors (Lipinski definition) is 1. The quantitative estimate of drug-likeness (QED) is 0.936. The van der Waals surface area contributed by atoms with Crippen LogP contribution in [0, 0.1) is 6.92 Å². The van der Waals surface area contributed by atoms with Crippen molar-refractivity contribution >= 4 is 0 Å². The third-order valence-electron chi connectivity index (χ3n) is 3.75. The van der Waals surface area contributed by atoms with E-state index in [1.165, 1.54) is 5.56 Å². The molecule has 0 radical (unpaired) electrons. The van der Waals surface area contributed by atoms with E-state index in [2.05, 4.69) is 10.3 Å². The lowest BCUT2D eigenvalue weighted by atomic mass is 10.0. The van der Waals surface area contributed by atoms with Crippen LogP contribution < -0.4 is 14.8 Å². The fourth-order valence-electron chi connectivity index (χ4n) is 2.58. The zero-order valence-corrected chi connectivity index (χ0v) is 12.6. The molecular formula is C16H19N3O2. The van der Waals surface area contributed by atoms with Crippen molar-refractivity contribution in [1.82, 2.24) is 15.3 Å². The summed E-state index contributed by atoms with van der Waals surface area (Å²) in [4.78, 5) is 9.38. The summed E-state index contributed by atoms with van der Waals surface area (Å²) in [6.07, 6.45) is 0.937. The monoisotopic (exact) mass is 285 g/mol. The largest absolute Gasteiger partial charge is 0.497 e. The predicted molar refractivity (Wildman–Crippen MR) is 80.7 cm³/mol. The van der Waals surface area contributed by atoms with Gasteiger partial charge in [-0.15, -0.1) is 0 Å². The standard InChI is InChI=1S/C16H19N3O2/c1-10-14-9-17-5-4-15(14)19-16(18-10)11-6-12(20-2)8-13(7-11)21-3/h6-8,17H,4-5,9H2,1-3H3. The van der Waals surface area contributed by atoms with Gasteiger partial charge in [-0.2, -0.15) is 0 Å². The van der Waals surface area contributed by atoms with Crippen molar-refractivity contribution < 1.29 is 9.47 Å². The fourth-order valence-corrected chi connectivity index (χ4v) is 2.58. The maximum Gasteiger partial charge on any atom is 0.159 e. The van der Waals surface area contributed by atoms with E-state index in [0.717, 1.165) is 53.8 Å². The lowest BCUT2D eigenvalue weighted by Crippen LogP contribution is -2.26. The SMILES string of the molecule is COc1cc(OC)cc(-c2nc(C)c3c(n2)CCNC3)c1. The molecule has 21 heavy (non-hydrogen) atoms. The third kappa shape index (κ3) is 2.69. The minimum atomic E-state index is 0.727. The maximum absolute atomic E-state index is 5.32. The molecule has 0 bridgehead atoms. The van der Waals surface area contributed by atoms with Crippen molar-refractivity contribution in [3.05, 3.63) is 35.2 Å². The highest BCUT2D eigenvalue weighted by Gasteiger charge is 2.16. The Hall–Kier alpha value is -2.14. The zero-order chi connectivity index (χ0) is 14.8. The van der Waals surface area contributed by atoms with Crippen LogP contribution in [-0.4, -0.2) is 30.7 Å². The van der Waals surface area contributed by atoms with E-state index in [4.69, 9.17) is 14.5 Å². The Labute approximate surface area is 124 Å². The van der Waals surface area contributed by atoms with Crippen LogP contribution in [-0.2, 0) is 13.0 Å². The minimum absolute atomic E-state index is 0.727. The molecule has 2 heterocycles. The Morgan fingerprint density at radius 3 is 2.43 bits per heavy atom. The second-order valence-electron chi connectivity index (χ2n) is 5.09. The Morgan fingerprint density at radius 2 is 1.76 bits per heavy atom. The summed E-state index contributed by atoms with van der Waals surface area (Å²) < 4.78 is 10.6. The normalized spacial score (nSPS) is 13.7. The molecule has 0 amide bonds. The molecule has 1 aromatic heterocycles. The number of ether oxygens (including phenoxy) is 2. The van der Waals surface area contributed by atoms with Gasteiger partial charge in [0.25, 0.3) is 0 Å². The Balaban J connectivity index is 2.10. The summed E-state index contributed by atoms with van der Waals surface area (Å²) in [5, 5.41) is 3.36. The van der Waals surface area contributed by atoms with Gasteiger partial charge in [0.1, 0.15) is 11.5 Å². The highest BCUT2D eigenvalue weighted by atomic mass is 16.5. The average Bonchev–Trinajstić information content (AvgIpc) is 2.54. The molecule has 0 saturated heterocycles. The first-order valence-electron chi connectivity index (χ1n) is 7.02. The second-order valence-corrected chi connectivity index (χ2v) is 5.09. The van der Waals surface area contributed by atoms with E-state index in [9.17, 15) is 0 Å². The second kappa shape index (κ2) is 5.69. The van der Waals surface area contributed by atoms with Gasteiger partial charge in [-0.1, -0.05) is 0 Å². The van der Waals surface area contributed by atoms with Gasteiger partial charge in [0.05, 0.1) is 19.9 Å². The molecule has 1 aromatic carbocycles. The smallest absolute Gasteiger partial charge is 0.159 e. The number of benzene rings is 1. The number of hydrogen-bond acceptors (Lipinski definition) is 5. The van der Waals surface area contributed by atoms with Gasteiger partial charge >= 0.3 is 0 Å². The van der Waals surface area contributed by atoms with Gasteiger partial charge in [0.15, 0.2) is 5.82 Å². The molecule has 0 atom stereocenters. The lowest BCUT2D eigenvalue weighted by Gasteiger charge is -2.19. The van der Waals surface area contributed by atoms with Crippen molar-refractivity contribution in [2.45, 2.75) is 19.9 Å². The number of methoxy groups -OCH3 is 2. The van der Waals surface area contributed by atoms with Crippen molar-refractivity contribution in [1.29, 1.82) is 0 Å². The number of rotatable bonds is 3. The third-order valence-corrected chi connectivity index (χ3v) is 3.75. The molecule has 1 aliphatic heterocycles. The molecule has 0 saturated carbocycles. The van der Waals surface area contributed by atoms with E-state index in [1.807, 2.05) is 25.1 Å². The molecule has 0 spiro atoms. The first-order chi connectivity index (χ1) is 10.2. The Kier molecular flexibility index (Phi) is 3.75. The molecule has 1 N–H and O–H groups in total. The van der Waals surface area contributed by atoms with E-state index in [0.29, 0.717) is 0 Å². The number of nitrogens with zero attached hydrogens (tertiary/aromatic N) is 2. The number of fused-ring (bicyclic) bond motifs is 1. The highest BCUT2D eigenvalue weighted by molar-refractivity contribution is 5.61. The summed E-state index contributed by atoms with van der Waals surface area (Å²) in [5.74, 6) is 2.21. The lowest BCUT2D eigenvalue weighted by molar-refractivity contribution is 0.394. The van der Waals surface area contributed by atoms with Crippen LogP contribution in [0.1, 0.15) is 17.0 Å². The first kappa shape index (κ1) is 13.8. The summed E-state index contributed by atoms with van der Waals surface area (Å²) in [5.41, 5.74) is 4.30. The first-order valence-corrected chi connectivity index (χ1v) is 7.02. The van der Waals surface area contributed by atoms with Gasteiger partial charge in [-0.05, 0) is 19.1 Å². The van der Waals surface area contributed by atoms with Gasteiger partial charge in [-0.25, -0.2) is 9.97 Å². The maximum atomic E-state index is 5.32. The van der Waals surface area contributed by atoms with Crippen LogP contribution in [0.15, 0.2) is 18.2 Å². The summed E-state index contributed by atoms with van der Waals surface area (Å²) in [6, 6.07) is 5.72. The van der Waals surface area contributed by atoms with E-state index >= 15 is 0 Å². The van der Waals surface area contributed by atoms with Gasteiger partial charge in [0, 0.05) is 42.4 Å². The van der Waals surface area contributed by atoms with Gasteiger partial charge < -0.3 is 14.8 Å². The Morgan fingerprint density at radius 1 is 1.05 bits per heavy atom. The summed E-state index contributed by atoms with van der Waals surface area (Å²) in [6.45, 7) is 3.85.